The molecule has 334 valence electrons. The summed E-state index contributed by atoms with van der Waals surface area (Å²) < 4.78 is 89.7. The van der Waals surface area contributed by atoms with Gasteiger partial charge in [-0.3, -0.25) is 0 Å². The predicted octanol–water partition coefficient (Wildman–Crippen LogP) is -1.44. The highest BCUT2D eigenvalue weighted by Crippen LogP contribution is 2.23. The average molecular weight is 932 g/mol. The number of benzene rings is 3. The van der Waals surface area contributed by atoms with Gasteiger partial charge in [-0.25, -0.2) is 26.3 Å². The maximum absolute atomic E-state index is 12.8. The van der Waals surface area contributed by atoms with Crippen LogP contribution in [-0.2, 0) is 46.6 Å². The van der Waals surface area contributed by atoms with Gasteiger partial charge in [0.1, 0.15) is 0 Å². The van der Waals surface area contributed by atoms with Gasteiger partial charge >= 0.3 is 17.6 Å². The molecule has 0 amide bonds. The van der Waals surface area contributed by atoms with Crippen molar-refractivity contribution in [2.45, 2.75) is 47.6 Å². The molecule has 58 heavy (non-hydrogen) atoms. The first-order valence-electron chi connectivity index (χ1n) is 18.9. The quantitative estimate of drug-likeness (QED) is 0.0558. The number of hydrogen-bond donors (Lipinski definition) is 2. The second kappa shape index (κ2) is 26.7. The van der Waals surface area contributed by atoms with E-state index in [0.717, 1.165) is 83.7 Å². The smallest absolute Gasteiger partial charge is 0.500 e. The topological polar surface area (TPSA) is 148 Å². The maximum Gasteiger partial charge on any atom is 0.500 e. The zero-order valence-electron chi connectivity index (χ0n) is 36.0. The monoisotopic (exact) mass is 930 g/mol. The van der Waals surface area contributed by atoms with Gasteiger partial charge in [0.2, 0.25) is 20.0 Å². The van der Waals surface area contributed by atoms with Gasteiger partial charge in [-0.05, 0) is 23.6 Å². The van der Waals surface area contributed by atoms with Crippen LogP contribution >= 0.6 is 0 Å². The first-order valence-corrected chi connectivity index (χ1v) is 25.7. The van der Waals surface area contributed by atoms with Crippen molar-refractivity contribution in [2.75, 3.05) is 110 Å². The summed E-state index contributed by atoms with van der Waals surface area (Å²) in [5.74, 6) is 0. The highest BCUT2D eigenvalue weighted by atomic mass is 35.5. The normalized spacial score (nSPS) is 12.7. The summed E-state index contributed by atoms with van der Waals surface area (Å²) in [5, 5.41) is 1.66. The lowest BCUT2D eigenvalue weighted by molar-refractivity contribution is -0.890. The van der Waals surface area contributed by atoms with Crippen molar-refractivity contribution in [2.24, 2.45) is 0 Å². The molecule has 0 aliphatic carbocycles. The van der Waals surface area contributed by atoms with Crippen LogP contribution in [0, 0.1) is 0 Å². The van der Waals surface area contributed by atoms with E-state index < -0.39 is 37.7 Å². The van der Waals surface area contributed by atoms with Crippen LogP contribution in [-0.4, -0.2) is 154 Å². The molecule has 0 unspecified atom stereocenters. The fourth-order valence-electron chi connectivity index (χ4n) is 6.40. The molecular formula is C38H68Cl2N4O10S2Si2. The second-order valence-corrected chi connectivity index (χ2v) is 24.5. The van der Waals surface area contributed by atoms with Gasteiger partial charge < -0.3 is 60.3 Å². The molecule has 0 heterocycles. The minimum atomic E-state index is -3.55. The largest absolute Gasteiger partial charge is 1.00 e. The third kappa shape index (κ3) is 18.6. The van der Waals surface area contributed by atoms with Crippen molar-refractivity contribution in [1.82, 2.24) is 9.44 Å². The molecule has 0 aliphatic rings. The van der Waals surface area contributed by atoms with Gasteiger partial charge in [0.15, 0.2) is 0 Å². The van der Waals surface area contributed by atoms with E-state index in [9.17, 15) is 16.8 Å². The number of hydrogen-bond acceptors (Lipinski definition) is 10. The molecule has 0 aromatic heterocycles. The van der Waals surface area contributed by atoms with Crippen LogP contribution in [0.3, 0.4) is 0 Å². The Morgan fingerprint density at radius 1 is 0.500 bits per heavy atom. The molecule has 0 aliphatic heterocycles. The number of rotatable bonds is 26. The van der Waals surface area contributed by atoms with Crippen molar-refractivity contribution >= 4 is 48.4 Å². The van der Waals surface area contributed by atoms with Gasteiger partial charge in [-0.1, -0.05) is 54.6 Å². The van der Waals surface area contributed by atoms with Crippen LogP contribution in [0.4, 0.5) is 0 Å². The molecular weight excluding hydrogens is 864 g/mol. The highest BCUT2D eigenvalue weighted by Gasteiger charge is 2.38. The van der Waals surface area contributed by atoms with Crippen LogP contribution in [0.5, 0.6) is 0 Å². The Morgan fingerprint density at radius 3 is 1.33 bits per heavy atom. The Kier molecular flexibility index (Phi) is 26.0. The molecule has 0 atom stereocenters. The fraction of sp³-hybridized carbons (Fsp3) is 0.579. The van der Waals surface area contributed by atoms with E-state index in [2.05, 4.69) is 37.6 Å². The summed E-state index contributed by atoms with van der Waals surface area (Å²) in [6, 6.07) is 22.8. The van der Waals surface area contributed by atoms with Crippen LogP contribution < -0.4 is 34.3 Å². The van der Waals surface area contributed by atoms with Crippen LogP contribution in [0.2, 0.25) is 12.1 Å². The number of quaternary nitrogens is 2. The van der Waals surface area contributed by atoms with Gasteiger partial charge in [0.25, 0.3) is 0 Å². The SMILES string of the molecule is CO[Si](CCC[N+](C)(C)CCCNS(=O)(=O)c1cccc2ccccc12)(OC)OC.CO[Si](CCC[N+](C)(C)CCCNS(=O)(=O)c1ccccc1)(OC)OC.[Cl-].[Cl-]. The molecule has 0 saturated carbocycles. The fourth-order valence-corrected chi connectivity index (χ4v) is 12.2. The Balaban J connectivity index is 0.00000109. The Labute approximate surface area is 363 Å². The molecule has 3 aromatic rings. The number of fused-ring (bicyclic) bond motifs is 1. The van der Waals surface area contributed by atoms with Crippen molar-refractivity contribution in [3.63, 3.8) is 0 Å². The third-order valence-corrected chi connectivity index (χ3v) is 18.6. The van der Waals surface area contributed by atoms with Crippen LogP contribution in [0.25, 0.3) is 10.8 Å². The van der Waals surface area contributed by atoms with E-state index in [1.807, 2.05) is 30.3 Å². The zero-order valence-corrected chi connectivity index (χ0v) is 41.1. The minimum absolute atomic E-state index is 0. The maximum atomic E-state index is 12.8. The van der Waals surface area contributed by atoms with Gasteiger partial charge in [0.05, 0.1) is 64.2 Å². The van der Waals surface area contributed by atoms with Crippen LogP contribution in [0.15, 0.2) is 82.6 Å². The summed E-state index contributed by atoms with van der Waals surface area (Å²) in [5.41, 5.74) is 0. The first kappa shape index (κ1) is 56.4. The van der Waals surface area contributed by atoms with Crippen molar-refractivity contribution in [1.29, 1.82) is 0 Å². The summed E-state index contributed by atoms with van der Waals surface area (Å²) in [7, 11) is 6.29. The van der Waals surface area contributed by atoms with Crippen molar-refractivity contribution in [3.05, 3.63) is 72.8 Å². The number of halogens is 2. The molecule has 0 bridgehead atoms. The molecule has 3 aromatic carbocycles. The number of sulfonamides is 2. The first-order chi connectivity index (χ1) is 26.4. The minimum Gasteiger partial charge on any atom is -1.00 e. The van der Waals surface area contributed by atoms with E-state index in [0.29, 0.717) is 22.9 Å². The van der Waals surface area contributed by atoms with Gasteiger partial charge in [-0.15, -0.1) is 0 Å². The van der Waals surface area contributed by atoms with Gasteiger partial charge in [0, 0.05) is 98.9 Å². The second-order valence-electron chi connectivity index (χ2n) is 14.9. The number of nitrogens with zero attached hydrogens (tertiary/aromatic N) is 2. The predicted molar refractivity (Wildman–Crippen MR) is 226 cm³/mol. The van der Waals surface area contributed by atoms with Crippen molar-refractivity contribution in [3.8, 4) is 0 Å². The Morgan fingerprint density at radius 2 is 0.879 bits per heavy atom. The third-order valence-electron chi connectivity index (χ3n) is 9.92. The van der Waals surface area contributed by atoms with E-state index in [4.69, 9.17) is 26.6 Å². The highest BCUT2D eigenvalue weighted by molar-refractivity contribution is 7.90. The standard InChI is InChI=1S/C21H35N2O5SSi.C17H33N2O5SSi.2ClH/c1-23(2,17-10-18-30(26-3,27-4)28-5)16-9-15-22-29(24,25)21-14-8-12-19-11-6-7-13-20(19)21;1-19(2,15-10-16-26(22-3,23-4)24-5)14-9-13-18-25(20,21)17-11-7-6-8-12-17;;/h6-8,11-14,22H,9-10,15-18H2,1-5H3;6-8,11-12,18H,9-10,13-16H2,1-5H3;2*1H/q2*+1;;/p-2. The van der Waals surface area contributed by atoms with E-state index >= 15 is 0 Å². The van der Waals surface area contributed by atoms with E-state index in [-0.39, 0.29) is 24.8 Å². The molecule has 0 fully saturated rings. The molecule has 0 radical (unpaired) electrons. The Bertz CT molecular complexity index is 1790. The lowest BCUT2D eigenvalue weighted by Crippen LogP contribution is -3.00. The lowest BCUT2D eigenvalue weighted by atomic mass is 10.1. The molecule has 3 rings (SSSR count). The average Bonchev–Trinajstić information content (AvgIpc) is 3.19. The summed E-state index contributed by atoms with van der Waals surface area (Å²) >= 11 is 0. The van der Waals surface area contributed by atoms with Gasteiger partial charge in [-0.2, -0.15) is 0 Å². The van der Waals surface area contributed by atoms with Crippen LogP contribution in [0.1, 0.15) is 25.7 Å². The Hall–Kier alpha value is -1.57. The summed E-state index contributed by atoms with van der Waals surface area (Å²) in [4.78, 5) is 0.628. The molecule has 2 N–H and O–H groups in total. The molecule has 14 nitrogen and oxygen atoms in total. The van der Waals surface area contributed by atoms with Crippen molar-refractivity contribution < 1.29 is 77.2 Å². The summed E-state index contributed by atoms with van der Waals surface area (Å²) in [6.45, 7) is 4.43. The molecule has 0 spiro atoms. The zero-order chi connectivity index (χ0) is 41.9. The summed E-state index contributed by atoms with van der Waals surface area (Å²) in [6.07, 6.45) is 3.35. The number of nitrogens with one attached hydrogen (secondary N) is 2. The van der Waals surface area contributed by atoms with E-state index in [1.165, 1.54) is 0 Å². The van der Waals surface area contributed by atoms with E-state index in [1.54, 1.807) is 85.1 Å². The molecule has 20 heteroatoms. The lowest BCUT2D eigenvalue weighted by Gasteiger charge is -2.31. The molecule has 0 saturated heterocycles.